The average Bonchev–Trinajstić information content (AvgIpc) is 2.47. The maximum Gasteiger partial charge on any atom is 0.246 e. The first-order chi connectivity index (χ1) is 10.1. The Morgan fingerprint density at radius 1 is 1.43 bits per heavy atom. The lowest BCUT2D eigenvalue weighted by Crippen LogP contribution is -2.43. The first-order valence-electron chi connectivity index (χ1n) is 7.50. The molecule has 1 aromatic carbocycles. The highest BCUT2D eigenvalue weighted by molar-refractivity contribution is 5.78. The molecule has 1 heterocycles. The second-order valence-electron chi connectivity index (χ2n) is 5.76. The van der Waals surface area contributed by atoms with Crippen LogP contribution in [-0.4, -0.2) is 41.7 Å². The Hall–Kier alpha value is -1.46. The van der Waals surface area contributed by atoms with E-state index in [1.807, 2.05) is 6.07 Å². The smallest absolute Gasteiger partial charge is 0.246 e. The zero-order valence-corrected chi connectivity index (χ0v) is 12.2. The highest BCUT2D eigenvalue weighted by Crippen LogP contribution is 2.21. The summed E-state index contributed by atoms with van der Waals surface area (Å²) in [4.78, 5) is 13.3. The average molecular weight is 294 g/mol. The van der Waals surface area contributed by atoms with Crippen LogP contribution in [0.5, 0.6) is 0 Å². The van der Waals surface area contributed by atoms with Crippen molar-refractivity contribution in [3.63, 3.8) is 0 Å². The van der Waals surface area contributed by atoms with Crippen molar-refractivity contribution in [2.75, 3.05) is 19.6 Å². The van der Waals surface area contributed by atoms with Crippen LogP contribution in [0.1, 0.15) is 24.8 Å². The Kier molecular flexibility index (Phi) is 5.70. The minimum Gasteiger partial charge on any atom is -0.383 e. The number of likely N-dealkylation sites (tertiary alicyclic amines) is 1. The molecular weight excluding hydrogens is 271 g/mol. The zero-order chi connectivity index (χ0) is 15.2. The number of benzene rings is 1. The van der Waals surface area contributed by atoms with E-state index in [2.05, 4.69) is 4.90 Å². The third kappa shape index (κ3) is 4.79. The van der Waals surface area contributed by atoms with Crippen LogP contribution in [0.4, 0.5) is 4.39 Å². The van der Waals surface area contributed by atoms with Gasteiger partial charge in [-0.05, 0) is 68.9 Å². The van der Waals surface area contributed by atoms with Crippen LogP contribution in [0.25, 0.3) is 0 Å². The van der Waals surface area contributed by atoms with Crippen LogP contribution in [0.3, 0.4) is 0 Å². The van der Waals surface area contributed by atoms with E-state index in [1.54, 1.807) is 12.1 Å². The summed E-state index contributed by atoms with van der Waals surface area (Å²) in [7, 11) is 0. The Balaban J connectivity index is 1.68. The highest BCUT2D eigenvalue weighted by atomic mass is 19.1. The SMILES string of the molecule is NC(=O)[C@@H](O)C1CCN(CCCc2cccc(F)c2)CC1. The fourth-order valence-corrected chi connectivity index (χ4v) is 2.92. The van der Waals surface area contributed by atoms with Gasteiger partial charge in [0.05, 0.1) is 0 Å². The van der Waals surface area contributed by atoms with Crippen molar-refractivity contribution in [1.29, 1.82) is 0 Å². The van der Waals surface area contributed by atoms with E-state index in [0.717, 1.165) is 50.9 Å². The number of nitrogens with two attached hydrogens (primary N) is 1. The number of hydrogen-bond acceptors (Lipinski definition) is 3. The van der Waals surface area contributed by atoms with Gasteiger partial charge in [0.2, 0.25) is 5.91 Å². The van der Waals surface area contributed by atoms with Crippen molar-refractivity contribution in [2.24, 2.45) is 11.7 Å². The van der Waals surface area contributed by atoms with E-state index in [-0.39, 0.29) is 11.7 Å². The Morgan fingerprint density at radius 3 is 2.76 bits per heavy atom. The predicted octanol–water partition coefficient (Wildman–Crippen LogP) is 1.32. The van der Waals surface area contributed by atoms with Crippen LogP contribution in [0.2, 0.25) is 0 Å². The molecule has 1 amide bonds. The summed E-state index contributed by atoms with van der Waals surface area (Å²) < 4.78 is 13.1. The van der Waals surface area contributed by atoms with Gasteiger partial charge in [0, 0.05) is 0 Å². The number of piperidine rings is 1. The van der Waals surface area contributed by atoms with Crippen LogP contribution in [-0.2, 0) is 11.2 Å². The molecule has 0 spiro atoms. The molecule has 5 heteroatoms. The molecule has 1 aromatic rings. The topological polar surface area (TPSA) is 66.6 Å². The van der Waals surface area contributed by atoms with E-state index >= 15 is 0 Å². The fraction of sp³-hybridized carbons (Fsp3) is 0.562. The van der Waals surface area contributed by atoms with Gasteiger partial charge >= 0.3 is 0 Å². The Morgan fingerprint density at radius 2 is 2.14 bits per heavy atom. The molecule has 1 aliphatic rings. The van der Waals surface area contributed by atoms with Crippen molar-refractivity contribution >= 4 is 5.91 Å². The lowest BCUT2D eigenvalue weighted by Gasteiger charge is -2.33. The van der Waals surface area contributed by atoms with E-state index in [1.165, 1.54) is 6.07 Å². The molecule has 116 valence electrons. The number of aliphatic hydroxyl groups is 1. The normalized spacial score (nSPS) is 18.6. The zero-order valence-electron chi connectivity index (χ0n) is 12.2. The van der Waals surface area contributed by atoms with Crippen LogP contribution >= 0.6 is 0 Å². The van der Waals surface area contributed by atoms with Gasteiger partial charge in [0.1, 0.15) is 11.9 Å². The van der Waals surface area contributed by atoms with Crippen molar-refractivity contribution < 1.29 is 14.3 Å². The summed E-state index contributed by atoms with van der Waals surface area (Å²) in [6.45, 7) is 2.70. The molecule has 21 heavy (non-hydrogen) atoms. The minimum absolute atomic E-state index is 0.0121. The lowest BCUT2D eigenvalue weighted by atomic mass is 9.91. The fourth-order valence-electron chi connectivity index (χ4n) is 2.92. The van der Waals surface area contributed by atoms with E-state index in [0.29, 0.717) is 0 Å². The monoisotopic (exact) mass is 294 g/mol. The summed E-state index contributed by atoms with van der Waals surface area (Å²) in [6.07, 6.45) is 2.42. The van der Waals surface area contributed by atoms with Crippen LogP contribution in [0.15, 0.2) is 24.3 Å². The second-order valence-corrected chi connectivity index (χ2v) is 5.76. The van der Waals surface area contributed by atoms with Crippen molar-refractivity contribution in [3.05, 3.63) is 35.6 Å². The molecular formula is C16H23FN2O2. The number of amides is 1. The number of rotatable bonds is 6. The van der Waals surface area contributed by atoms with Gasteiger partial charge in [-0.1, -0.05) is 12.1 Å². The Labute approximate surface area is 124 Å². The van der Waals surface area contributed by atoms with Gasteiger partial charge in [-0.15, -0.1) is 0 Å². The number of aliphatic hydroxyl groups excluding tert-OH is 1. The third-order valence-electron chi connectivity index (χ3n) is 4.20. The standard InChI is InChI=1S/C16H23FN2O2/c17-14-5-1-3-12(11-14)4-2-8-19-9-6-13(7-10-19)15(20)16(18)21/h1,3,5,11,13,15,20H,2,4,6-10H2,(H2,18,21)/t15-/m0/s1. The van der Waals surface area contributed by atoms with E-state index < -0.39 is 12.0 Å². The van der Waals surface area contributed by atoms with Crippen molar-refractivity contribution in [3.8, 4) is 0 Å². The summed E-state index contributed by atoms with van der Waals surface area (Å²) in [5, 5.41) is 9.66. The van der Waals surface area contributed by atoms with Gasteiger partial charge in [0.25, 0.3) is 0 Å². The Bertz CT molecular complexity index is 473. The first-order valence-corrected chi connectivity index (χ1v) is 7.50. The highest BCUT2D eigenvalue weighted by Gasteiger charge is 2.28. The molecule has 0 radical (unpaired) electrons. The summed E-state index contributed by atoms with van der Waals surface area (Å²) in [5.41, 5.74) is 6.15. The molecule has 0 saturated carbocycles. The van der Waals surface area contributed by atoms with Crippen LogP contribution in [0, 0.1) is 11.7 Å². The molecule has 0 unspecified atom stereocenters. The number of primary amides is 1. The number of carbonyl (C=O) groups excluding carboxylic acids is 1. The lowest BCUT2D eigenvalue weighted by molar-refractivity contribution is -0.129. The largest absolute Gasteiger partial charge is 0.383 e. The molecule has 1 saturated heterocycles. The molecule has 0 aliphatic carbocycles. The molecule has 1 atom stereocenters. The molecule has 3 N–H and O–H groups in total. The summed E-state index contributed by atoms with van der Waals surface area (Å²) in [5.74, 6) is -0.824. The molecule has 1 fully saturated rings. The summed E-state index contributed by atoms with van der Waals surface area (Å²) in [6, 6.07) is 6.72. The minimum atomic E-state index is -1.01. The van der Waals surface area contributed by atoms with Crippen molar-refractivity contribution in [2.45, 2.75) is 31.8 Å². The predicted molar refractivity (Wildman–Crippen MR) is 79.1 cm³/mol. The molecule has 0 aromatic heterocycles. The number of carbonyl (C=O) groups is 1. The third-order valence-corrected chi connectivity index (χ3v) is 4.20. The number of aryl methyl sites for hydroxylation is 1. The molecule has 4 nitrogen and oxygen atoms in total. The second kappa shape index (κ2) is 7.52. The van der Waals surface area contributed by atoms with Gasteiger partial charge in [-0.3, -0.25) is 4.79 Å². The maximum atomic E-state index is 13.1. The van der Waals surface area contributed by atoms with Gasteiger partial charge in [0.15, 0.2) is 0 Å². The van der Waals surface area contributed by atoms with E-state index in [9.17, 15) is 14.3 Å². The van der Waals surface area contributed by atoms with Gasteiger partial charge < -0.3 is 15.7 Å². The summed E-state index contributed by atoms with van der Waals surface area (Å²) >= 11 is 0. The number of halogens is 1. The quantitative estimate of drug-likeness (QED) is 0.831. The molecule has 0 bridgehead atoms. The maximum absolute atomic E-state index is 13.1. The van der Waals surface area contributed by atoms with Gasteiger partial charge in [-0.25, -0.2) is 4.39 Å². The number of hydrogen-bond donors (Lipinski definition) is 2. The van der Waals surface area contributed by atoms with Gasteiger partial charge in [-0.2, -0.15) is 0 Å². The van der Waals surface area contributed by atoms with E-state index in [4.69, 9.17) is 5.73 Å². The molecule has 1 aliphatic heterocycles. The van der Waals surface area contributed by atoms with Crippen LogP contribution < -0.4 is 5.73 Å². The van der Waals surface area contributed by atoms with Crippen molar-refractivity contribution in [1.82, 2.24) is 4.90 Å². The number of nitrogens with zero attached hydrogens (tertiary/aromatic N) is 1. The first kappa shape index (κ1) is 15.9. The molecule has 2 rings (SSSR count).